The van der Waals surface area contributed by atoms with Gasteiger partial charge in [-0.05, 0) is 24.6 Å². The van der Waals surface area contributed by atoms with Crippen molar-refractivity contribution in [2.45, 2.75) is 50.0 Å². The quantitative estimate of drug-likeness (QED) is 0.135. The first-order chi connectivity index (χ1) is 17.0. The van der Waals surface area contributed by atoms with Crippen LogP contribution in [0.5, 0.6) is 5.75 Å². The van der Waals surface area contributed by atoms with E-state index in [1.165, 1.54) is 43.7 Å². The second-order valence-corrected chi connectivity index (χ2v) is 8.13. The van der Waals surface area contributed by atoms with Gasteiger partial charge in [-0.25, -0.2) is 9.78 Å². The predicted molar refractivity (Wildman–Crippen MR) is 124 cm³/mol. The summed E-state index contributed by atoms with van der Waals surface area (Å²) in [6.45, 7) is 0.369. The van der Waals surface area contributed by atoms with Crippen LogP contribution in [0.1, 0.15) is 18.2 Å². The largest absolute Gasteiger partial charge is 0.508 e. The molecule has 0 aliphatic carbocycles. The molecule has 36 heavy (non-hydrogen) atoms. The number of nitrogens with two attached hydrogens (primary N) is 1. The summed E-state index contributed by atoms with van der Waals surface area (Å²) in [7, 11) is 0. The highest BCUT2D eigenvalue weighted by molar-refractivity contribution is 5.94. The molecule has 14 nitrogen and oxygen atoms in total. The Hall–Kier alpha value is -4.01. The van der Waals surface area contributed by atoms with E-state index in [9.17, 15) is 34.5 Å². The van der Waals surface area contributed by atoms with Crippen molar-refractivity contribution in [2.24, 2.45) is 5.73 Å². The number of aromatic amines is 1. The zero-order valence-corrected chi connectivity index (χ0v) is 19.4. The maximum atomic E-state index is 13.0. The number of amides is 3. The van der Waals surface area contributed by atoms with E-state index in [0.29, 0.717) is 11.3 Å². The number of hydrogen-bond donors (Lipinski definition) is 9. The first-order valence-electron chi connectivity index (χ1n) is 10.9. The Balaban J connectivity index is 2.17. The zero-order chi connectivity index (χ0) is 26.8. The number of aliphatic hydroxyl groups is 2. The number of rotatable bonds is 13. The van der Waals surface area contributed by atoms with Gasteiger partial charge in [-0.1, -0.05) is 12.1 Å². The monoisotopic (exact) mass is 506 g/mol. The van der Waals surface area contributed by atoms with E-state index < -0.39 is 60.6 Å². The Morgan fingerprint density at radius 2 is 1.64 bits per heavy atom. The number of carbonyl (C=O) groups is 4. The molecule has 0 bridgehead atoms. The van der Waals surface area contributed by atoms with Crippen molar-refractivity contribution < 1.29 is 39.6 Å². The van der Waals surface area contributed by atoms with Crippen molar-refractivity contribution in [3.8, 4) is 5.75 Å². The number of nitrogens with one attached hydrogen (secondary N) is 4. The fourth-order valence-electron chi connectivity index (χ4n) is 3.19. The van der Waals surface area contributed by atoms with Crippen molar-refractivity contribution >= 4 is 23.7 Å². The van der Waals surface area contributed by atoms with Gasteiger partial charge in [0.15, 0.2) is 0 Å². The van der Waals surface area contributed by atoms with Gasteiger partial charge in [0, 0.05) is 24.7 Å². The van der Waals surface area contributed by atoms with Crippen molar-refractivity contribution in [2.75, 3.05) is 6.61 Å². The average molecular weight is 507 g/mol. The van der Waals surface area contributed by atoms with Crippen LogP contribution in [0.3, 0.4) is 0 Å². The molecule has 0 saturated heterocycles. The standard InChI is InChI=1S/C22H30N6O8/c1-11(30)18(28-19(32)15(23)7-13-8-24-10-25-13)21(34)26-16(6-12-2-4-14(31)5-3-12)20(33)27-17(9-29)22(35)36/h2-5,8,10-11,15-18,29-31H,6-7,9,23H2,1H3,(H,24,25)(H,26,34)(H,27,33)(H,28,32)(H,35,36). The Labute approximate surface area is 205 Å². The Bertz CT molecular complexity index is 1030. The number of carbonyl (C=O) groups excluding carboxylic acids is 3. The van der Waals surface area contributed by atoms with E-state index in [1.807, 2.05) is 0 Å². The number of H-pyrrole nitrogens is 1. The summed E-state index contributed by atoms with van der Waals surface area (Å²) < 4.78 is 0. The first-order valence-corrected chi connectivity index (χ1v) is 10.9. The van der Waals surface area contributed by atoms with Crippen molar-refractivity contribution in [3.05, 3.63) is 48.0 Å². The molecule has 0 spiro atoms. The lowest BCUT2D eigenvalue weighted by atomic mass is 10.0. The van der Waals surface area contributed by atoms with Gasteiger partial charge >= 0.3 is 5.97 Å². The number of carboxylic acid groups (broad SMARTS) is 1. The molecule has 0 saturated carbocycles. The summed E-state index contributed by atoms with van der Waals surface area (Å²) in [5, 5.41) is 44.8. The average Bonchev–Trinajstić information content (AvgIpc) is 3.33. The summed E-state index contributed by atoms with van der Waals surface area (Å²) >= 11 is 0. The van der Waals surface area contributed by atoms with E-state index >= 15 is 0 Å². The minimum absolute atomic E-state index is 0.0293. The number of hydrogen-bond acceptors (Lipinski definition) is 9. The van der Waals surface area contributed by atoms with Crippen LogP contribution in [0.4, 0.5) is 0 Å². The normalized spacial score (nSPS) is 15.1. The molecule has 3 amide bonds. The van der Waals surface area contributed by atoms with Gasteiger partial charge in [0.2, 0.25) is 17.7 Å². The van der Waals surface area contributed by atoms with E-state index in [1.54, 1.807) is 0 Å². The highest BCUT2D eigenvalue weighted by Gasteiger charge is 2.32. The number of aliphatic hydroxyl groups excluding tert-OH is 2. The van der Waals surface area contributed by atoms with E-state index in [2.05, 4.69) is 25.9 Å². The molecule has 196 valence electrons. The molecule has 1 aromatic heterocycles. The lowest BCUT2D eigenvalue weighted by molar-refractivity contribution is -0.143. The third-order valence-corrected chi connectivity index (χ3v) is 5.20. The molecular formula is C22H30N6O8. The highest BCUT2D eigenvalue weighted by atomic mass is 16.4. The predicted octanol–water partition coefficient (Wildman–Crippen LogP) is -2.86. The molecule has 0 aliphatic heterocycles. The number of nitrogens with zero attached hydrogens (tertiary/aromatic N) is 1. The van der Waals surface area contributed by atoms with Gasteiger partial charge in [0.1, 0.15) is 23.9 Å². The third kappa shape index (κ3) is 8.33. The number of phenols is 1. The van der Waals surface area contributed by atoms with Crippen molar-refractivity contribution in [1.82, 2.24) is 25.9 Å². The molecule has 0 fully saturated rings. The van der Waals surface area contributed by atoms with Gasteiger partial charge < -0.3 is 47.1 Å². The summed E-state index contributed by atoms with van der Waals surface area (Å²) in [6.07, 6.45) is 1.47. The smallest absolute Gasteiger partial charge is 0.328 e. The number of aromatic hydroxyl groups is 1. The molecule has 0 aliphatic rings. The van der Waals surface area contributed by atoms with Gasteiger partial charge in [-0.2, -0.15) is 0 Å². The molecule has 2 aromatic rings. The van der Waals surface area contributed by atoms with Gasteiger partial charge in [0.05, 0.1) is 25.1 Å². The maximum Gasteiger partial charge on any atom is 0.328 e. The minimum atomic E-state index is -1.62. The summed E-state index contributed by atoms with van der Waals surface area (Å²) in [5.74, 6) is -4.11. The fourth-order valence-corrected chi connectivity index (χ4v) is 3.19. The van der Waals surface area contributed by atoms with Crippen LogP contribution < -0.4 is 21.7 Å². The zero-order valence-electron chi connectivity index (χ0n) is 19.4. The molecule has 1 aromatic carbocycles. The van der Waals surface area contributed by atoms with Gasteiger partial charge in [0.25, 0.3) is 0 Å². The number of phenolic OH excluding ortho intramolecular Hbond substituents is 1. The maximum absolute atomic E-state index is 13.0. The Kier molecular flexibility index (Phi) is 10.3. The second kappa shape index (κ2) is 13.2. The fraction of sp³-hybridized carbons (Fsp3) is 0.409. The number of carboxylic acids is 1. The lowest BCUT2D eigenvalue weighted by Gasteiger charge is -2.26. The van der Waals surface area contributed by atoms with Crippen LogP contribution >= 0.6 is 0 Å². The minimum Gasteiger partial charge on any atom is -0.508 e. The van der Waals surface area contributed by atoms with Crippen LogP contribution in [-0.2, 0) is 32.0 Å². The van der Waals surface area contributed by atoms with Crippen LogP contribution in [0, 0.1) is 0 Å². The van der Waals surface area contributed by atoms with Crippen LogP contribution in [0.25, 0.3) is 0 Å². The number of imidazole rings is 1. The van der Waals surface area contributed by atoms with Crippen LogP contribution in [0.15, 0.2) is 36.8 Å². The van der Waals surface area contributed by atoms with Crippen LogP contribution in [-0.4, -0.2) is 91.0 Å². The molecule has 14 heteroatoms. The summed E-state index contributed by atoms with van der Waals surface area (Å²) in [5.41, 5.74) is 6.97. The summed E-state index contributed by atoms with van der Waals surface area (Å²) in [4.78, 5) is 56.1. The van der Waals surface area contributed by atoms with Gasteiger partial charge in [-0.3, -0.25) is 14.4 Å². The molecule has 2 rings (SSSR count). The van der Waals surface area contributed by atoms with E-state index in [-0.39, 0.29) is 18.6 Å². The van der Waals surface area contributed by atoms with Gasteiger partial charge in [-0.15, -0.1) is 0 Å². The molecule has 0 radical (unpaired) electrons. The highest BCUT2D eigenvalue weighted by Crippen LogP contribution is 2.12. The molecule has 10 N–H and O–H groups in total. The lowest BCUT2D eigenvalue weighted by Crippen LogP contribution is -2.60. The van der Waals surface area contributed by atoms with Crippen molar-refractivity contribution in [1.29, 1.82) is 0 Å². The topological polar surface area (TPSA) is 240 Å². The van der Waals surface area contributed by atoms with E-state index in [4.69, 9.17) is 10.8 Å². The third-order valence-electron chi connectivity index (χ3n) is 5.20. The summed E-state index contributed by atoms with van der Waals surface area (Å²) in [6, 6.07) is 0.164. The number of aliphatic carboxylic acids is 1. The Morgan fingerprint density at radius 1 is 1.00 bits per heavy atom. The molecule has 5 unspecified atom stereocenters. The molecular weight excluding hydrogens is 476 g/mol. The molecule has 5 atom stereocenters. The number of benzene rings is 1. The Morgan fingerprint density at radius 3 is 2.17 bits per heavy atom. The van der Waals surface area contributed by atoms with Crippen LogP contribution in [0.2, 0.25) is 0 Å². The first kappa shape index (κ1) is 28.2. The second-order valence-electron chi connectivity index (χ2n) is 8.13. The number of aromatic nitrogens is 2. The van der Waals surface area contributed by atoms with Crippen molar-refractivity contribution in [3.63, 3.8) is 0 Å². The SMILES string of the molecule is CC(O)C(NC(=O)C(N)Cc1cnc[nH]1)C(=O)NC(Cc1ccc(O)cc1)C(=O)NC(CO)C(=O)O. The molecule has 1 heterocycles. The van der Waals surface area contributed by atoms with E-state index in [0.717, 1.165) is 0 Å².